The Kier molecular flexibility index (Phi) is 10.9. The van der Waals surface area contributed by atoms with Crippen LogP contribution in [0.15, 0.2) is 60.7 Å². The van der Waals surface area contributed by atoms with E-state index in [-0.39, 0.29) is 23.8 Å². The molecule has 0 saturated heterocycles. The number of carboxylic acid groups (broad SMARTS) is 1. The minimum absolute atomic E-state index is 0.185. The van der Waals surface area contributed by atoms with E-state index in [4.69, 9.17) is 19.3 Å². The Morgan fingerprint density at radius 2 is 1.73 bits per heavy atom. The molecule has 0 aromatic heterocycles. The summed E-state index contributed by atoms with van der Waals surface area (Å²) in [6.45, 7) is 8.60. The molecule has 0 amide bonds. The van der Waals surface area contributed by atoms with Crippen molar-refractivity contribution >= 4 is 12.0 Å². The first-order valence-corrected chi connectivity index (χ1v) is 13.7. The van der Waals surface area contributed by atoms with Gasteiger partial charge in [-0.1, -0.05) is 51.1 Å². The molecular formula is C34H41FO5. The quantitative estimate of drug-likeness (QED) is 0.217. The summed E-state index contributed by atoms with van der Waals surface area (Å²) in [6, 6.07) is 16.7. The lowest BCUT2D eigenvalue weighted by molar-refractivity contribution is -0.137. The van der Waals surface area contributed by atoms with Gasteiger partial charge in [0.1, 0.15) is 23.9 Å². The second kappa shape index (κ2) is 14.1. The van der Waals surface area contributed by atoms with Gasteiger partial charge >= 0.3 is 5.97 Å². The highest BCUT2D eigenvalue weighted by Crippen LogP contribution is 2.42. The van der Waals surface area contributed by atoms with Crippen LogP contribution in [0, 0.1) is 11.2 Å². The normalized spacial score (nSPS) is 12.5. The Morgan fingerprint density at radius 1 is 0.975 bits per heavy atom. The van der Waals surface area contributed by atoms with Crippen LogP contribution in [0.1, 0.15) is 75.3 Å². The number of carboxylic acids is 1. The van der Waals surface area contributed by atoms with E-state index >= 15 is 4.39 Å². The number of aliphatic carboxylic acids is 1. The number of allylic oxidation sites excluding steroid dienone is 1. The number of carbonyl (C=O) groups is 1. The molecule has 5 nitrogen and oxygen atoms in total. The van der Waals surface area contributed by atoms with Crippen LogP contribution in [0.5, 0.6) is 11.5 Å². The molecule has 0 saturated carbocycles. The SMILES string of the molecule is C/C=C\c1cc(OCc2ccc(-c3cc(OC)ccc3F)c([C@H](OC)C(C)(C)C)c2)ccc1CCCCC(=O)O. The minimum atomic E-state index is -0.762. The summed E-state index contributed by atoms with van der Waals surface area (Å²) in [7, 11) is 3.25. The number of halogens is 1. The van der Waals surface area contributed by atoms with E-state index in [0.29, 0.717) is 24.3 Å². The van der Waals surface area contributed by atoms with Gasteiger partial charge < -0.3 is 19.3 Å². The molecule has 6 heteroatoms. The Bertz CT molecular complexity index is 1320. The van der Waals surface area contributed by atoms with Gasteiger partial charge in [0.05, 0.1) is 13.2 Å². The predicted molar refractivity (Wildman–Crippen MR) is 158 cm³/mol. The van der Waals surface area contributed by atoms with E-state index < -0.39 is 5.97 Å². The van der Waals surface area contributed by atoms with Gasteiger partial charge in [-0.2, -0.15) is 0 Å². The lowest BCUT2D eigenvalue weighted by atomic mass is 9.81. The first kappa shape index (κ1) is 30.9. The van der Waals surface area contributed by atoms with Gasteiger partial charge in [-0.05, 0) is 95.8 Å². The topological polar surface area (TPSA) is 65.0 Å². The summed E-state index contributed by atoms with van der Waals surface area (Å²) >= 11 is 0. The maximum atomic E-state index is 15.0. The first-order valence-electron chi connectivity index (χ1n) is 13.7. The van der Waals surface area contributed by atoms with Crippen molar-refractivity contribution in [1.82, 2.24) is 0 Å². The molecule has 0 bridgehead atoms. The van der Waals surface area contributed by atoms with Gasteiger partial charge in [-0.25, -0.2) is 4.39 Å². The zero-order chi connectivity index (χ0) is 29.3. The smallest absolute Gasteiger partial charge is 0.303 e. The molecule has 0 aliphatic carbocycles. The van der Waals surface area contributed by atoms with Crippen LogP contribution in [-0.4, -0.2) is 25.3 Å². The zero-order valence-corrected chi connectivity index (χ0v) is 24.4. The lowest BCUT2D eigenvalue weighted by Gasteiger charge is -2.32. The fourth-order valence-corrected chi connectivity index (χ4v) is 4.93. The number of unbranched alkanes of at least 4 members (excludes halogenated alkanes) is 1. The summed E-state index contributed by atoms with van der Waals surface area (Å²) < 4.78 is 32.5. The molecule has 1 N–H and O–H groups in total. The molecule has 3 rings (SSSR count). The number of aryl methyl sites for hydroxylation is 1. The molecular weight excluding hydrogens is 507 g/mol. The zero-order valence-electron chi connectivity index (χ0n) is 24.4. The third-order valence-electron chi connectivity index (χ3n) is 6.84. The number of benzene rings is 3. The number of rotatable bonds is 13. The number of ether oxygens (including phenoxy) is 3. The van der Waals surface area contributed by atoms with E-state index in [1.807, 2.05) is 55.5 Å². The number of methoxy groups -OCH3 is 2. The maximum absolute atomic E-state index is 15.0. The molecule has 0 heterocycles. The molecule has 3 aromatic rings. The van der Waals surface area contributed by atoms with Crippen molar-refractivity contribution in [2.24, 2.45) is 5.41 Å². The third kappa shape index (κ3) is 8.18. The van der Waals surface area contributed by atoms with Crippen molar-refractivity contribution in [3.63, 3.8) is 0 Å². The summed E-state index contributed by atoms with van der Waals surface area (Å²) in [5.74, 6) is 0.239. The van der Waals surface area contributed by atoms with Crippen molar-refractivity contribution in [2.45, 2.75) is 66.1 Å². The van der Waals surface area contributed by atoms with Crippen LogP contribution < -0.4 is 9.47 Å². The molecule has 0 aliphatic rings. The Morgan fingerprint density at radius 3 is 2.38 bits per heavy atom. The summed E-state index contributed by atoms with van der Waals surface area (Å²) in [4.78, 5) is 10.8. The summed E-state index contributed by atoms with van der Waals surface area (Å²) in [5.41, 5.74) is 5.03. The molecule has 0 unspecified atom stereocenters. The van der Waals surface area contributed by atoms with Crippen LogP contribution in [0.2, 0.25) is 0 Å². The summed E-state index contributed by atoms with van der Waals surface area (Å²) in [5, 5.41) is 8.89. The predicted octanol–water partition coefficient (Wildman–Crippen LogP) is 8.64. The highest BCUT2D eigenvalue weighted by atomic mass is 19.1. The van der Waals surface area contributed by atoms with E-state index in [0.717, 1.165) is 46.4 Å². The second-order valence-electron chi connectivity index (χ2n) is 11.0. The molecule has 214 valence electrons. The lowest BCUT2D eigenvalue weighted by Crippen LogP contribution is -2.21. The molecule has 40 heavy (non-hydrogen) atoms. The Balaban J connectivity index is 1.89. The molecule has 1 atom stereocenters. The van der Waals surface area contributed by atoms with Crippen LogP contribution in [0.4, 0.5) is 4.39 Å². The van der Waals surface area contributed by atoms with Crippen LogP contribution in [-0.2, 0) is 22.6 Å². The van der Waals surface area contributed by atoms with Crippen molar-refractivity contribution in [2.75, 3.05) is 14.2 Å². The Hall–Kier alpha value is -3.64. The fourth-order valence-electron chi connectivity index (χ4n) is 4.93. The van der Waals surface area contributed by atoms with Gasteiger partial charge in [0.25, 0.3) is 0 Å². The van der Waals surface area contributed by atoms with E-state index in [2.05, 4.69) is 20.8 Å². The second-order valence-corrected chi connectivity index (χ2v) is 11.0. The minimum Gasteiger partial charge on any atom is -0.497 e. The highest BCUT2D eigenvalue weighted by Gasteiger charge is 2.29. The van der Waals surface area contributed by atoms with E-state index in [1.165, 1.54) is 6.07 Å². The first-order chi connectivity index (χ1) is 19.1. The number of hydrogen-bond acceptors (Lipinski definition) is 4. The van der Waals surface area contributed by atoms with E-state index in [9.17, 15) is 4.79 Å². The van der Waals surface area contributed by atoms with Crippen molar-refractivity contribution < 1.29 is 28.5 Å². The van der Waals surface area contributed by atoms with Gasteiger partial charge in [0, 0.05) is 19.1 Å². The largest absolute Gasteiger partial charge is 0.497 e. The Labute approximate surface area is 237 Å². The average molecular weight is 549 g/mol. The average Bonchev–Trinajstić information content (AvgIpc) is 2.91. The van der Waals surface area contributed by atoms with Gasteiger partial charge in [0.2, 0.25) is 0 Å². The van der Waals surface area contributed by atoms with Gasteiger partial charge in [0.15, 0.2) is 0 Å². The van der Waals surface area contributed by atoms with Crippen LogP contribution in [0.3, 0.4) is 0 Å². The van der Waals surface area contributed by atoms with Gasteiger partial charge in [-0.3, -0.25) is 4.79 Å². The molecule has 0 spiro atoms. The fraction of sp³-hybridized carbons (Fsp3) is 0.382. The molecule has 3 aromatic carbocycles. The van der Waals surface area contributed by atoms with Crippen molar-refractivity contribution in [3.8, 4) is 22.6 Å². The molecule has 0 radical (unpaired) electrons. The number of hydrogen-bond donors (Lipinski definition) is 1. The molecule has 0 aliphatic heterocycles. The molecule has 0 fully saturated rings. The van der Waals surface area contributed by atoms with Gasteiger partial charge in [-0.15, -0.1) is 0 Å². The van der Waals surface area contributed by atoms with E-state index in [1.54, 1.807) is 26.4 Å². The maximum Gasteiger partial charge on any atom is 0.303 e. The van der Waals surface area contributed by atoms with Crippen LogP contribution in [0.25, 0.3) is 17.2 Å². The standard InChI is InChI=1S/C34H41FO5/c1-7-10-25-20-27(15-14-24(25)11-8-9-12-32(36)37)40-22-23-13-17-28(29-21-26(38-5)16-18-31(29)35)30(19-23)33(39-6)34(2,3)4/h7,10,13-21,33H,8-9,11-12,22H2,1-6H3,(H,36,37)/b10-7-/t33-/m0/s1. The third-order valence-corrected chi connectivity index (χ3v) is 6.84. The summed E-state index contributed by atoms with van der Waals surface area (Å²) in [6.07, 6.45) is 6.21. The van der Waals surface area contributed by atoms with Crippen molar-refractivity contribution in [3.05, 3.63) is 88.7 Å². The highest BCUT2D eigenvalue weighted by molar-refractivity contribution is 5.70. The van der Waals surface area contributed by atoms with Crippen LogP contribution >= 0.6 is 0 Å². The van der Waals surface area contributed by atoms with Crippen molar-refractivity contribution in [1.29, 1.82) is 0 Å². The monoisotopic (exact) mass is 548 g/mol.